The summed E-state index contributed by atoms with van der Waals surface area (Å²) in [5.74, 6) is -0.0157. The zero-order chi connectivity index (χ0) is 13.2. The first-order valence-electron chi connectivity index (χ1n) is 5.51. The van der Waals surface area contributed by atoms with Crippen LogP contribution in [-0.2, 0) is 14.8 Å². The molecule has 6 nitrogen and oxygen atoms in total. The van der Waals surface area contributed by atoms with Crippen LogP contribution in [0.3, 0.4) is 0 Å². The molecule has 0 aliphatic carbocycles. The molecule has 0 saturated carbocycles. The maximum absolute atomic E-state index is 12.1. The predicted octanol–water partition coefficient (Wildman–Crippen LogP) is 0.884. The Morgan fingerprint density at radius 2 is 2.39 bits per heavy atom. The SMILES string of the molecule is Nc1ncc(Br)cc1S(=O)(=O)NCC1CCCO1. The number of hydrogen-bond donors (Lipinski definition) is 2. The van der Waals surface area contributed by atoms with Gasteiger partial charge < -0.3 is 10.5 Å². The molecule has 1 fully saturated rings. The molecule has 1 aromatic rings. The zero-order valence-electron chi connectivity index (χ0n) is 9.60. The van der Waals surface area contributed by atoms with Crippen molar-refractivity contribution in [2.45, 2.75) is 23.8 Å². The largest absolute Gasteiger partial charge is 0.383 e. The Labute approximate surface area is 114 Å². The first-order chi connectivity index (χ1) is 8.49. The highest BCUT2D eigenvalue weighted by atomic mass is 79.9. The van der Waals surface area contributed by atoms with Crippen LogP contribution in [0.2, 0.25) is 0 Å². The zero-order valence-corrected chi connectivity index (χ0v) is 12.0. The molecule has 1 aliphatic heterocycles. The summed E-state index contributed by atoms with van der Waals surface area (Å²) in [6.45, 7) is 0.946. The van der Waals surface area contributed by atoms with E-state index >= 15 is 0 Å². The van der Waals surface area contributed by atoms with Crippen molar-refractivity contribution in [1.82, 2.24) is 9.71 Å². The Balaban J connectivity index is 2.12. The van der Waals surface area contributed by atoms with Crippen molar-refractivity contribution in [2.24, 2.45) is 0 Å². The first-order valence-corrected chi connectivity index (χ1v) is 7.79. The third kappa shape index (κ3) is 3.19. The molecular weight excluding hydrogens is 322 g/mol. The molecule has 1 aliphatic rings. The summed E-state index contributed by atoms with van der Waals surface area (Å²) in [5, 5.41) is 0. The number of sulfonamides is 1. The van der Waals surface area contributed by atoms with Gasteiger partial charge >= 0.3 is 0 Å². The van der Waals surface area contributed by atoms with E-state index < -0.39 is 10.0 Å². The van der Waals surface area contributed by atoms with Gasteiger partial charge in [-0.15, -0.1) is 0 Å². The van der Waals surface area contributed by atoms with Gasteiger partial charge in [-0.25, -0.2) is 18.1 Å². The maximum atomic E-state index is 12.1. The van der Waals surface area contributed by atoms with Crippen molar-refractivity contribution in [3.05, 3.63) is 16.7 Å². The minimum atomic E-state index is -3.65. The molecule has 100 valence electrons. The number of anilines is 1. The van der Waals surface area contributed by atoms with E-state index in [9.17, 15) is 8.42 Å². The monoisotopic (exact) mass is 335 g/mol. The van der Waals surface area contributed by atoms with Gasteiger partial charge in [0.05, 0.1) is 6.10 Å². The lowest BCUT2D eigenvalue weighted by molar-refractivity contribution is 0.114. The van der Waals surface area contributed by atoms with Gasteiger partial charge in [-0.05, 0) is 34.8 Å². The summed E-state index contributed by atoms with van der Waals surface area (Å²) in [5.41, 5.74) is 5.58. The fourth-order valence-electron chi connectivity index (χ4n) is 1.73. The minimum absolute atomic E-state index is 0.0157. The van der Waals surface area contributed by atoms with Crippen molar-refractivity contribution in [3.63, 3.8) is 0 Å². The van der Waals surface area contributed by atoms with Crippen molar-refractivity contribution < 1.29 is 13.2 Å². The van der Waals surface area contributed by atoms with Crippen LogP contribution in [0.5, 0.6) is 0 Å². The smallest absolute Gasteiger partial charge is 0.244 e. The Morgan fingerprint density at radius 1 is 1.61 bits per heavy atom. The minimum Gasteiger partial charge on any atom is -0.383 e. The standard InChI is InChI=1S/C10H14BrN3O3S/c11-7-4-9(10(12)13-5-7)18(15,16)14-6-8-2-1-3-17-8/h4-5,8,14H,1-3,6H2,(H2,12,13). The Hall–Kier alpha value is -0.700. The van der Waals surface area contributed by atoms with Gasteiger partial charge in [0.2, 0.25) is 10.0 Å². The maximum Gasteiger partial charge on any atom is 0.244 e. The third-order valence-corrected chi connectivity index (χ3v) is 4.55. The molecule has 0 radical (unpaired) electrons. The number of nitrogens with one attached hydrogen (secondary N) is 1. The van der Waals surface area contributed by atoms with Crippen LogP contribution in [0.25, 0.3) is 0 Å². The van der Waals surface area contributed by atoms with Crippen LogP contribution in [0.1, 0.15) is 12.8 Å². The fraction of sp³-hybridized carbons (Fsp3) is 0.500. The van der Waals surface area contributed by atoms with Gasteiger partial charge in [0.1, 0.15) is 10.7 Å². The van der Waals surface area contributed by atoms with Gasteiger partial charge in [-0.1, -0.05) is 0 Å². The van der Waals surface area contributed by atoms with E-state index in [1.165, 1.54) is 12.3 Å². The molecule has 0 bridgehead atoms. The molecule has 18 heavy (non-hydrogen) atoms. The van der Waals surface area contributed by atoms with Crippen molar-refractivity contribution in [1.29, 1.82) is 0 Å². The summed E-state index contributed by atoms with van der Waals surface area (Å²) in [4.78, 5) is 3.79. The molecule has 2 heterocycles. The highest BCUT2D eigenvalue weighted by molar-refractivity contribution is 9.10. The van der Waals surface area contributed by atoms with E-state index in [1.54, 1.807) is 0 Å². The van der Waals surface area contributed by atoms with Crippen LogP contribution in [0, 0.1) is 0 Å². The van der Waals surface area contributed by atoms with Gasteiger partial charge in [0, 0.05) is 23.8 Å². The number of halogens is 1. The van der Waals surface area contributed by atoms with Crippen molar-refractivity contribution in [2.75, 3.05) is 18.9 Å². The molecule has 8 heteroatoms. The van der Waals surface area contributed by atoms with Crippen LogP contribution >= 0.6 is 15.9 Å². The average molecular weight is 336 g/mol. The molecule has 1 unspecified atom stereocenters. The number of aromatic nitrogens is 1. The highest BCUT2D eigenvalue weighted by Crippen LogP contribution is 2.20. The lowest BCUT2D eigenvalue weighted by Crippen LogP contribution is -2.32. The Bertz CT molecular complexity index is 529. The molecule has 1 saturated heterocycles. The summed E-state index contributed by atoms with van der Waals surface area (Å²) < 4.78 is 32.5. The van der Waals surface area contributed by atoms with E-state index in [0.717, 1.165) is 12.8 Å². The molecular formula is C10H14BrN3O3S. The normalized spacial score (nSPS) is 20.2. The highest BCUT2D eigenvalue weighted by Gasteiger charge is 2.22. The summed E-state index contributed by atoms with van der Waals surface area (Å²) in [6.07, 6.45) is 3.23. The van der Waals surface area contributed by atoms with Crippen LogP contribution in [-0.4, -0.2) is 32.7 Å². The van der Waals surface area contributed by atoms with Gasteiger partial charge in [0.25, 0.3) is 0 Å². The number of ether oxygens (including phenoxy) is 1. The quantitative estimate of drug-likeness (QED) is 0.851. The topological polar surface area (TPSA) is 94.3 Å². The number of hydrogen-bond acceptors (Lipinski definition) is 5. The Kier molecular flexibility index (Phi) is 4.21. The second kappa shape index (κ2) is 5.52. The summed E-state index contributed by atoms with van der Waals surface area (Å²) >= 11 is 3.17. The van der Waals surface area contributed by atoms with Gasteiger partial charge in [-0.2, -0.15) is 0 Å². The average Bonchev–Trinajstić information content (AvgIpc) is 2.83. The van der Waals surface area contributed by atoms with Crippen LogP contribution in [0.15, 0.2) is 21.6 Å². The van der Waals surface area contributed by atoms with Crippen molar-refractivity contribution >= 4 is 31.8 Å². The first kappa shape index (κ1) is 13.7. The van der Waals surface area contributed by atoms with Crippen LogP contribution in [0.4, 0.5) is 5.82 Å². The third-order valence-electron chi connectivity index (χ3n) is 2.66. The van der Waals surface area contributed by atoms with E-state index in [4.69, 9.17) is 10.5 Å². The number of pyridine rings is 1. The number of nitrogen functional groups attached to an aromatic ring is 1. The second-order valence-electron chi connectivity index (χ2n) is 4.02. The van der Waals surface area contributed by atoms with Gasteiger partial charge in [0.15, 0.2) is 0 Å². The van der Waals surface area contributed by atoms with E-state index in [2.05, 4.69) is 25.6 Å². The fourth-order valence-corrected chi connectivity index (χ4v) is 3.39. The Morgan fingerprint density at radius 3 is 3.06 bits per heavy atom. The van der Waals surface area contributed by atoms with Gasteiger partial charge in [-0.3, -0.25) is 0 Å². The van der Waals surface area contributed by atoms with E-state index in [0.29, 0.717) is 11.1 Å². The molecule has 2 rings (SSSR count). The summed E-state index contributed by atoms with van der Waals surface area (Å²) in [7, 11) is -3.65. The molecule has 0 spiro atoms. The predicted molar refractivity (Wildman–Crippen MR) is 70.5 cm³/mol. The molecule has 1 aromatic heterocycles. The van der Waals surface area contributed by atoms with Crippen molar-refractivity contribution in [3.8, 4) is 0 Å². The molecule has 0 amide bonds. The lowest BCUT2D eigenvalue weighted by atomic mass is 10.2. The number of rotatable bonds is 4. The van der Waals surface area contributed by atoms with Crippen LogP contribution < -0.4 is 10.5 Å². The number of nitrogens with two attached hydrogens (primary N) is 1. The summed E-state index contributed by atoms with van der Waals surface area (Å²) in [6, 6.07) is 1.43. The molecule has 3 N–H and O–H groups in total. The van der Waals surface area contributed by atoms with E-state index in [-0.39, 0.29) is 23.4 Å². The molecule has 1 atom stereocenters. The van der Waals surface area contributed by atoms with E-state index in [1.807, 2.05) is 0 Å². The molecule has 0 aromatic carbocycles. The number of nitrogens with zero attached hydrogens (tertiary/aromatic N) is 1. The second-order valence-corrected chi connectivity index (χ2v) is 6.67. The lowest BCUT2D eigenvalue weighted by Gasteiger charge is -2.12.